The molecule has 1 saturated heterocycles. The van der Waals surface area contributed by atoms with E-state index in [0.717, 1.165) is 11.1 Å². The Morgan fingerprint density at radius 2 is 1.84 bits per heavy atom. The molecule has 0 aromatic heterocycles. The molecule has 0 aliphatic carbocycles. The van der Waals surface area contributed by atoms with Crippen LogP contribution in [0.1, 0.15) is 27.9 Å². The summed E-state index contributed by atoms with van der Waals surface area (Å²) in [5, 5.41) is 2.45. The van der Waals surface area contributed by atoms with Crippen LogP contribution < -0.4 is 16.2 Å². The first kappa shape index (κ1) is 18.9. The molecule has 136 valence electrons. The highest BCUT2D eigenvalue weighted by atomic mass is 32.2. The van der Waals surface area contributed by atoms with Gasteiger partial charge in [0, 0.05) is 5.56 Å². The van der Waals surface area contributed by atoms with Gasteiger partial charge in [-0.05, 0) is 43.5 Å². The van der Waals surface area contributed by atoms with Gasteiger partial charge in [-0.2, -0.15) is 0 Å². The van der Waals surface area contributed by atoms with Crippen LogP contribution >= 0.6 is 0 Å². The van der Waals surface area contributed by atoms with E-state index >= 15 is 0 Å². The lowest BCUT2D eigenvalue weighted by Gasteiger charge is -2.11. The van der Waals surface area contributed by atoms with Crippen molar-refractivity contribution in [1.82, 2.24) is 16.2 Å². The number of rotatable bonds is 4. The smallest absolute Gasteiger partial charge is 0.257 e. The van der Waals surface area contributed by atoms with E-state index in [4.69, 9.17) is 0 Å². The van der Waals surface area contributed by atoms with Gasteiger partial charge in [-0.1, -0.05) is 6.07 Å². The van der Waals surface area contributed by atoms with Gasteiger partial charge in [0.15, 0.2) is 9.84 Å². The van der Waals surface area contributed by atoms with Gasteiger partial charge in [-0.15, -0.1) is 0 Å². The number of nitrogens with one attached hydrogen (secondary N) is 3. The lowest BCUT2D eigenvalue weighted by atomic mass is 10.1. The maximum absolute atomic E-state index is 12.0. The standard InChI is InChI=1S/C16H21N3O5S/c1-10-3-4-12(7-11(10)2)15(21)17-8-14(20)18-19-16(22)13-5-6-25(23,24)9-13/h3-4,7,13H,5-6,8-9H2,1-2H3,(H,17,21)(H,18,20)(H,19,22)/t13-/m0/s1. The Labute approximate surface area is 146 Å². The Morgan fingerprint density at radius 1 is 1.12 bits per heavy atom. The number of hydrazine groups is 1. The lowest BCUT2D eigenvalue weighted by Crippen LogP contribution is -2.48. The zero-order valence-corrected chi connectivity index (χ0v) is 14.9. The van der Waals surface area contributed by atoms with E-state index in [1.54, 1.807) is 12.1 Å². The summed E-state index contributed by atoms with van der Waals surface area (Å²) in [6.45, 7) is 3.51. The lowest BCUT2D eigenvalue weighted by molar-refractivity contribution is -0.130. The number of hydrogen-bond donors (Lipinski definition) is 3. The molecule has 25 heavy (non-hydrogen) atoms. The minimum Gasteiger partial charge on any atom is -0.343 e. The third-order valence-electron chi connectivity index (χ3n) is 4.11. The number of amides is 3. The van der Waals surface area contributed by atoms with Gasteiger partial charge in [0.1, 0.15) is 0 Å². The monoisotopic (exact) mass is 367 g/mol. The second-order valence-electron chi connectivity index (χ2n) is 6.12. The molecule has 0 saturated carbocycles. The second kappa shape index (κ2) is 7.64. The van der Waals surface area contributed by atoms with E-state index in [0.29, 0.717) is 5.56 Å². The van der Waals surface area contributed by atoms with Crippen LogP contribution in [-0.2, 0) is 19.4 Å². The van der Waals surface area contributed by atoms with Crippen molar-refractivity contribution in [3.05, 3.63) is 34.9 Å². The van der Waals surface area contributed by atoms with Crippen molar-refractivity contribution in [3.8, 4) is 0 Å². The Kier molecular flexibility index (Phi) is 5.78. The third kappa shape index (κ3) is 5.28. The number of carbonyl (C=O) groups excluding carboxylic acids is 3. The normalized spacial score (nSPS) is 18.4. The summed E-state index contributed by atoms with van der Waals surface area (Å²) < 4.78 is 22.7. The largest absolute Gasteiger partial charge is 0.343 e. The van der Waals surface area contributed by atoms with Crippen LogP contribution in [0.25, 0.3) is 0 Å². The maximum Gasteiger partial charge on any atom is 0.257 e. The van der Waals surface area contributed by atoms with Crippen molar-refractivity contribution in [1.29, 1.82) is 0 Å². The number of sulfone groups is 1. The van der Waals surface area contributed by atoms with E-state index in [2.05, 4.69) is 16.2 Å². The van der Waals surface area contributed by atoms with Gasteiger partial charge < -0.3 is 5.32 Å². The molecule has 0 bridgehead atoms. The predicted molar refractivity (Wildman–Crippen MR) is 91.3 cm³/mol. The molecule has 1 fully saturated rings. The molecule has 1 aromatic rings. The molecule has 1 atom stereocenters. The van der Waals surface area contributed by atoms with Crippen LogP contribution in [0, 0.1) is 19.8 Å². The summed E-state index contributed by atoms with van der Waals surface area (Å²) in [6.07, 6.45) is 0.244. The molecule has 1 aliphatic heterocycles. The molecule has 8 nitrogen and oxygen atoms in total. The van der Waals surface area contributed by atoms with Gasteiger partial charge in [0.25, 0.3) is 11.8 Å². The highest BCUT2D eigenvalue weighted by Crippen LogP contribution is 2.17. The molecular formula is C16H21N3O5S. The number of aryl methyl sites for hydroxylation is 2. The fraction of sp³-hybridized carbons (Fsp3) is 0.438. The molecule has 0 radical (unpaired) electrons. The van der Waals surface area contributed by atoms with Crippen LogP contribution in [0.2, 0.25) is 0 Å². The van der Waals surface area contributed by atoms with Crippen LogP contribution in [0.4, 0.5) is 0 Å². The quantitative estimate of drug-likeness (QED) is 0.626. The van der Waals surface area contributed by atoms with Gasteiger partial charge in [0.2, 0.25) is 5.91 Å². The molecule has 1 aliphatic rings. The summed E-state index contributed by atoms with van der Waals surface area (Å²) >= 11 is 0. The molecule has 3 amide bonds. The van der Waals surface area contributed by atoms with Gasteiger partial charge in [-0.25, -0.2) is 8.42 Å². The van der Waals surface area contributed by atoms with Crippen molar-refractivity contribution >= 4 is 27.6 Å². The first-order valence-corrected chi connectivity index (χ1v) is 9.64. The molecule has 3 N–H and O–H groups in total. The average molecular weight is 367 g/mol. The van der Waals surface area contributed by atoms with Crippen LogP contribution in [0.3, 0.4) is 0 Å². The Hall–Kier alpha value is -2.42. The Morgan fingerprint density at radius 3 is 2.44 bits per heavy atom. The summed E-state index contributed by atoms with van der Waals surface area (Å²) in [5.41, 5.74) is 6.82. The summed E-state index contributed by atoms with van der Waals surface area (Å²) in [4.78, 5) is 35.5. The van der Waals surface area contributed by atoms with Crippen molar-refractivity contribution in [2.24, 2.45) is 5.92 Å². The number of hydrogen-bond acceptors (Lipinski definition) is 5. The van der Waals surface area contributed by atoms with Crippen LogP contribution in [0.5, 0.6) is 0 Å². The molecular weight excluding hydrogens is 346 g/mol. The zero-order valence-electron chi connectivity index (χ0n) is 14.1. The molecule has 1 aromatic carbocycles. The minimum atomic E-state index is -3.17. The predicted octanol–water partition coefficient (Wildman–Crippen LogP) is -0.385. The fourth-order valence-electron chi connectivity index (χ4n) is 2.42. The van der Waals surface area contributed by atoms with Gasteiger partial charge in [0.05, 0.1) is 24.0 Å². The molecule has 9 heteroatoms. The van der Waals surface area contributed by atoms with E-state index < -0.39 is 33.5 Å². The van der Waals surface area contributed by atoms with Crippen LogP contribution in [-0.4, -0.2) is 44.2 Å². The van der Waals surface area contributed by atoms with Gasteiger partial charge in [-0.3, -0.25) is 25.2 Å². The zero-order chi connectivity index (χ0) is 18.6. The molecule has 0 spiro atoms. The fourth-order valence-corrected chi connectivity index (χ4v) is 4.17. The molecule has 2 rings (SSSR count). The van der Waals surface area contributed by atoms with Crippen molar-refractivity contribution in [2.45, 2.75) is 20.3 Å². The van der Waals surface area contributed by atoms with Gasteiger partial charge >= 0.3 is 0 Å². The van der Waals surface area contributed by atoms with Crippen LogP contribution in [0.15, 0.2) is 18.2 Å². The minimum absolute atomic E-state index is 0.0228. The molecule has 0 unspecified atom stereocenters. The molecule has 1 heterocycles. The third-order valence-corrected chi connectivity index (χ3v) is 5.87. The second-order valence-corrected chi connectivity index (χ2v) is 8.35. The number of carbonyl (C=O) groups is 3. The highest BCUT2D eigenvalue weighted by molar-refractivity contribution is 7.91. The highest BCUT2D eigenvalue weighted by Gasteiger charge is 2.33. The van der Waals surface area contributed by atoms with E-state index in [1.165, 1.54) is 0 Å². The van der Waals surface area contributed by atoms with Crippen molar-refractivity contribution < 1.29 is 22.8 Å². The first-order chi connectivity index (χ1) is 11.7. The average Bonchev–Trinajstić information content (AvgIpc) is 2.93. The van der Waals surface area contributed by atoms with E-state index in [9.17, 15) is 22.8 Å². The number of benzene rings is 1. The Bertz CT molecular complexity index is 804. The summed E-state index contributed by atoms with van der Waals surface area (Å²) in [6, 6.07) is 5.21. The summed E-state index contributed by atoms with van der Waals surface area (Å²) in [5.74, 6) is -2.44. The van der Waals surface area contributed by atoms with E-state index in [1.807, 2.05) is 19.9 Å². The van der Waals surface area contributed by atoms with Crippen molar-refractivity contribution in [3.63, 3.8) is 0 Å². The summed E-state index contributed by atoms with van der Waals surface area (Å²) in [7, 11) is -3.17. The topological polar surface area (TPSA) is 121 Å². The SMILES string of the molecule is Cc1ccc(C(=O)NCC(=O)NNC(=O)[C@H]2CCS(=O)(=O)C2)cc1C. The first-order valence-electron chi connectivity index (χ1n) is 7.82. The van der Waals surface area contributed by atoms with Crippen molar-refractivity contribution in [2.75, 3.05) is 18.1 Å². The maximum atomic E-state index is 12.0. The Balaban J connectivity index is 1.76. The van der Waals surface area contributed by atoms with E-state index in [-0.39, 0.29) is 24.5 Å².